The standard InChI is InChI=1S/C15H23NO2S/c1-11(2)7-8-16(12-5-3-4-6-12)13-9-14(15(17)18)19-10-13/h9-12H,3-8H2,1-2H3,(H,17,18). The van der Waals surface area contributed by atoms with Gasteiger partial charge in [0.1, 0.15) is 4.88 Å². The Morgan fingerprint density at radius 2 is 2.16 bits per heavy atom. The van der Waals surface area contributed by atoms with Crippen LogP contribution >= 0.6 is 11.3 Å². The van der Waals surface area contributed by atoms with Crippen molar-refractivity contribution in [2.75, 3.05) is 11.4 Å². The van der Waals surface area contributed by atoms with E-state index in [0.29, 0.717) is 16.8 Å². The summed E-state index contributed by atoms with van der Waals surface area (Å²) in [4.78, 5) is 13.9. The molecule has 1 aromatic heterocycles. The van der Waals surface area contributed by atoms with Gasteiger partial charge in [-0.25, -0.2) is 4.79 Å². The minimum Gasteiger partial charge on any atom is -0.477 e. The second-order valence-electron chi connectivity index (χ2n) is 5.79. The van der Waals surface area contributed by atoms with Crippen LogP contribution < -0.4 is 4.90 Å². The fraction of sp³-hybridized carbons (Fsp3) is 0.667. The molecule has 1 fully saturated rings. The Morgan fingerprint density at radius 3 is 2.68 bits per heavy atom. The van der Waals surface area contributed by atoms with Gasteiger partial charge < -0.3 is 10.0 Å². The van der Waals surface area contributed by atoms with E-state index < -0.39 is 5.97 Å². The van der Waals surface area contributed by atoms with Crippen molar-refractivity contribution in [2.24, 2.45) is 5.92 Å². The zero-order chi connectivity index (χ0) is 13.8. The fourth-order valence-electron chi connectivity index (χ4n) is 2.72. The molecule has 0 unspecified atom stereocenters. The molecule has 1 aliphatic rings. The van der Waals surface area contributed by atoms with Gasteiger partial charge in [0, 0.05) is 23.7 Å². The lowest BCUT2D eigenvalue weighted by atomic mass is 10.1. The average molecular weight is 281 g/mol. The van der Waals surface area contributed by atoms with Crippen LogP contribution in [-0.2, 0) is 0 Å². The zero-order valence-corrected chi connectivity index (χ0v) is 12.6. The average Bonchev–Trinajstić information content (AvgIpc) is 2.98. The molecule has 19 heavy (non-hydrogen) atoms. The van der Waals surface area contributed by atoms with Gasteiger partial charge in [0.2, 0.25) is 0 Å². The zero-order valence-electron chi connectivity index (χ0n) is 11.8. The Kier molecular flexibility index (Phi) is 4.86. The van der Waals surface area contributed by atoms with E-state index in [9.17, 15) is 4.79 Å². The molecular weight excluding hydrogens is 258 g/mol. The highest BCUT2D eigenvalue weighted by molar-refractivity contribution is 7.12. The molecule has 0 radical (unpaired) electrons. The first-order chi connectivity index (χ1) is 9.08. The molecule has 0 bridgehead atoms. The lowest BCUT2D eigenvalue weighted by molar-refractivity contribution is 0.0702. The van der Waals surface area contributed by atoms with Crippen LogP contribution in [0.25, 0.3) is 0 Å². The van der Waals surface area contributed by atoms with Gasteiger partial charge in [0.05, 0.1) is 0 Å². The van der Waals surface area contributed by atoms with Gasteiger partial charge in [-0.3, -0.25) is 0 Å². The highest BCUT2D eigenvalue weighted by Gasteiger charge is 2.24. The molecule has 0 aliphatic heterocycles. The lowest BCUT2D eigenvalue weighted by Gasteiger charge is -2.31. The third-order valence-corrected chi connectivity index (χ3v) is 4.75. The van der Waals surface area contributed by atoms with Crippen molar-refractivity contribution in [1.82, 2.24) is 0 Å². The summed E-state index contributed by atoms with van der Waals surface area (Å²) in [6.07, 6.45) is 6.26. The van der Waals surface area contributed by atoms with Gasteiger partial charge in [-0.15, -0.1) is 11.3 Å². The van der Waals surface area contributed by atoms with Gasteiger partial charge in [-0.2, -0.15) is 0 Å². The number of rotatable bonds is 6. The normalized spacial score (nSPS) is 16.2. The highest BCUT2D eigenvalue weighted by atomic mass is 32.1. The molecule has 0 spiro atoms. The highest BCUT2D eigenvalue weighted by Crippen LogP contribution is 2.31. The molecule has 0 atom stereocenters. The molecule has 1 saturated carbocycles. The van der Waals surface area contributed by atoms with E-state index in [2.05, 4.69) is 18.7 Å². The summed E-state index contributed by atoms with van der Waals surface area (Å²) in [5.41, 5.74) is 1.11. The molecule has 2 rings (SSSR count). The van der Waals surface area contributed by atoms with E-state index in [1.165, 1.54) is 37.0 Å². The second-order valence-corrected chi connectivity index (χ2v) is 6.70. The predicted molar refractivity (Wildman–Crippen MR) is 80.3 cm³/mol. The van der Waals surface area contributed by atoms with Crippen molar-refractivity contribution in [2.45, 2.75) is 52.0 Å². The predicted octanol–water partition coefficient (Wildman–Crippen LogP) is 4.24. The largest absolute Gasteiger partial charge is 0.477 e. The Morgan fingerprint density at radius 1 is 1.47 bits per heavy atom. The van der Waals surface area contributed by atoms with Crippen molar-refractivity contribution in [3.63, 3.8) is 0 Å². The van der Waals surface area contributed by atoms with E-state index in [1.807, 2.05) is 11.4 Å². The Balaban J connectivity index is 2.12. The molecule has 4 heteroatoms. The maximum atomic E-state index is 11.0. The fourth-order valence-corrected chi connectivity index (χ4v) is 3.47. The van der Waals surface area contributed by atoms with Gasteiger partial charge >= 0.3 is 5.97 Å². The quantitative estimate of drug-likeness (QED) is 0.847. The molecule has 1 aliphatic carbocycles. The van der Waals surface area contributed by atoms with Crippen molar-refractivity contribution < 1.29 is 9.90 Å². The van der Waals surface area contributed by atoms with Crippen LogP contribution in [0, 0.1) is 5.92 Å². The summed E-state index contributed by atoms with van der Waals surface area (Å²) in [6.45, 7) is 5.52. The summed E-state index contributed by atoms with van der Waals surface area (Å²) in [5.74, 6) is -0.132. The van der Waals surface area contributed by atoms with Crippen molar-refractivity contribution in [3.8, 4) is 0 Å². The maximum Gasteiger partial charge on any atom is 0.345 e. The van der Waals surface area contributed by atoms with Gasteiger partial charge in [-0.1, -0.05) is 26.7 Å². The summed E-state index contributed by atoms with van der Waals surface area (Å²) in [7, 11) is 0. The van der Waals surface area contributed by atoms with Crippen LogP contribution in [0.5, 0.6) is 0 Å². The molecule has 0 saturated heterocycles. The van der Waals surface area contributed by atoms with E-state index in [1.54, 1.807) is 0 Å². The second kappa shape index (κ2) is 6.42. The molecule has 3 nitrogen and oxygen atoms in total. The van der Waals surface area contributed by atoms with Gasteiger partial charge in [0.15, 0.2) is 0 Å². The number of carboxylic acid groups (broad SMARTS) is 1. The first-order valence-corrected chi connectivity index (χ1v) is 8.04. The van der Waals surface area contributed by atoms with Crippen molar-refractivity contribution >= 4 is 23.0 Å². The smallest absolute Gasteiger partial charge is 0.345 e. The molecule has 106 valence electrons. The van der Waals surface area contributed by atoms with Crippen LogP contribution in [0.1, 0.15) is 55.6 Å². The summed E-state index contributed by atoms with van der Waals surface area (Å²) in [6, 6.07) is 2.45. The first kappa shape index (κ1) is 14.4. The number of aromatic carboxylic acids is 1. The molecule has 0 aromatic carbocycles. The number of hydrogen-bond donors (Lipinski definition) is 1. The van der Waals surface area contributed by atoms with E-state index in [4.69, 9.17) is 5.11 Å². The number of thiophene rings is 1. The summed E-state index contributed by atoms with van der Waals surface area (Å²) in [5, 5.41) is 11.1. The Bertz CT molecular complexity index is 422. The summed E-state index contributed by atoms with van der Waals surface area (Å²) < 4.78 is 0. The van der Waals surface area contributed by atoms with Gasteiger partial charge in [-0.05, 0) is 31.2 Å². The van der Waals surface area contributed by atoms with Crippen LogP contribution in [0.15, 0.2) is 11.4 Å². The van der Waals surface area contributed by atoms with Crippen molar-refractivity contribution in [1.29, 1.82) is 0 Å². The molecule has 1 N–H and O–H groups in total. The third-order valence-electron chi connectivity index (χ3n) is 3.84. The van der Waals surface area contributed by atoms with Crippen molar-refractivity contribution in [3.05, 3.63) is 16.3 Å². The molecular formula is C15H23NO2S. The molecule has 0 amide bonds. The van der Waals surface area contributed by atoms with Crippen LogP contribution in [-0.4, -0.2) is 23.7 Å². The van der Waals surface area contributed by atoms with E-state index >= 15 is 0 Å². The number of hydrogen-bond acceptors (Lipinski definition) is 3. The number of nitrogens with zero attached hydrogens (tertiary/aromatic N) is 1. The summed E-state index contributed by atoms with van der Waals surface area (Å²) >= 11 is 1.34. The van der Waals surface area contributed by atoms with Crippen LogP contribution in [0.4, 0.5) is 5.69 Å². The number of carboxylic acids is 1. The molecule has 1 aromatic rings. The minimum atomic E-state index is -0.813. The topological polar surface area (TPSA) is 40.5 Å². The van der Waals surface area contributed by atoms with Crippen LogP contribution in [0.2, 0.25) is 0 Å². The lowest BCUT2D eigenvalue weighted by Crippen LogP contribution is -2.34. The van der Waals surface area contributed by atoms with Crippen LogP contribution in [0.3, 0.4) is 0 Å². The molecule has 1 heterocycles. The Hall–Kier alpha value is -1.03. The monoisotopic (exact) mass is 281 g/mol. The number of carbonyl (C=O) groups is 1. The SMILES string of the molecule is CC(C)CCN(c1csc(C(=O)O)c1)C1CCCC1. The third kappa shape index (κ3) is 3.72. The first-order valence-electron chi connectivity index (χ1n) is 7.16. The minimum absolute atomic E-state index is 0.447. The van der Waals surface area contributed by atoms with Gasteiger partial charge in [0.25, 0.3) is 0 Å². The van der Waals surface area contributed by atoms with E-state index in [-0.39, 0.29) is 0 Å². The van der Waals surface area contributed by atoms with E-state index in [0.717, 1.165) is 18.7 Å². The Labute approximate surface area is 119 Å². The number of anilines is 1. The maximum absolute atomic E-state index is 11.0.